The Kier molecular flexibility index (Phi) is 2.64. The number of nitro benzene ring substituents is 1. The van der Waals surface area contributed by atoms with E-state index in [1.807, 2.05) is 0 Å². The lowest BCUT2D eigenvalue weighted by Gasteiger charge is -2.05. The third-order valence-corrected chi connectivity index (χ3v) is 3.94. The second-order valence-corrected chi connectivity index (χ2v) is 5.46. The molecular weight excluding hydrogens is 322 g/mol. The van der Waals surface area contributed by atoms with Crippen LogP contribution in [0.15, 0.2) is 41.2 Å². The van der Waals surface area contributed by atoms with Crippen molar-refractivity contribution in [3.63, 3.8) is 0 Å². The average Bonchev–Trinajstić information content (AvgIpc) is 2.81. The SMILES string of the molecule is O=C1c2cc([N+](=O)[O-])ccc2-n2c1nc1ccc(Cl)cc1c2=O. The Bertz CT molecular complexity index is 1100. The first-order valence-electron chi connectivity index (χ1n) is 6.53. The molecule has 0 radical (unpaired) electrons. The van der Waals surface area contributed by atoms with Crippen LogP contribution in [0.2, 0.25) is 5.02 Å². The predicted molar refractivity (Wildman–Crippen MR) is 82.4 cm³/mol. The Labute approximate surface area is 132 Å². The Morgan fingerprint density at radius 1 is 1.13 bits per heavy atom. The van der Waals surface area contributed by atoms with Gasteiger partial charge in [0.15, 0.2) is 5.82 Å². The fraction of sp³-hybridized carbons (Fsp3) is 0. The Hall–Kier alpha value is -3.06. The number of rotatable bonds is 1. The number of fused-ring (bicyclic) bond motifs is 4. The molecular formula is C15H6ClN3O4. The van der Waals surface area contributed by atoms with E-state index >= 15 is 0 Å². The summed E-state index contributed by atoms with van der Waals surface area (Å²) in [6.45, 7) is 0. The van der Waals surface area contributed by atoms with Crippen molar-refractivity contribution in [2.45, 2.75) is 0 Å². The van der Waals surface area contributed by atoms with Crippen molar-refractivity contribution in [2.24, 2.45) is 0 Å². The molecule has 2 aromatic carbocycles. The molecule has 112 valence electrons. The monoisotopic (exact) mass is 327 g/mol. The second-order valence-electron chi connectivity index (χ2n) is 5.03. The van der Waals surface area contributed by atoms with Crippen molar-refractivity contribution in [3.8, 4) is 5.69 Å². The summed E-state index contributed by atoms with van der Waals surface area (Å²) in [5, 5.41) is 11.5. The molecule has 4 rings (SSSR count). The van der Waals surface area contributed by atoms with E-state index in [0.717, 1.165) is 6.07 Å². The summed E-state index contributed by atoms with van der Waals surface area (Å²) in [5.74, 6) is -0.571. The summed E-state index contributed by atoms with van der Waals surface area (Å²) in [7, 11) is 0. The Morgan fingerprint density at radius 3 is 2.65 bits per heavy atom. The van der Waals surface area contributed by atoms with E-state index in [-0.39, 0.29) is 28.1 Å². The van der Waals surface area contributed by atoms with Gasteiger partial charge in [-0.2, -0.15) is 0 Å². The molecule has 1 aliphatic heterocycles. The van der Waals surface area contributed by atoms with Gasteiger partial charge in [-0.1, -0.05) is 11.6 Å². The topological polar surface area (TPSA) is 95.1 Å². The number of hydrogen-bond acceptors (Lipinski definition) is 5. The van der Waals surface area contributed by atoms with Gasteiger partial charge in [0, 0.05) is 17.2 Å². The van der Waals surface area contributed by atoms with Gasteiger partial charge in [-0.25, -0.2) is 4.98 Å². The van der Waals surface area contributed by atoms with Gasteiger partial charge >= 0.3 is 0 Å². The van der Waals surface area contributed by atoms with Crippen LogP contribution >= 0.6 is 11.6 Å². The van der Waals surface area contributed by atoms with Crippen LogP contribution in [-0.4, -0.2) is 20.3 Å². The zero-order valence-corrected chi connectivity index (χ0v) is 12.1. The van der Waals surface area contributed by atoms with E-state index in [2.05, 4.69) is 4.98 Å². The predicted octanol–water partition coefficient (Wildman–Crippen LogP) is 2.49. The van der Waals surface area contributed by atoms with Crippen molar-refractivity contribution in [2.75, 3.05) is 0 Å². The van der Waals surface area contributed by atoms with E-state index < -0.39 is 16.3 Å². The van der Waals surface area contributed by atoms with Crippen LogP contribution in [0.1, 0.15) is 16.2 Å². The van der Waals surface area contributed by atoms with E-state index in [1.54, 1.807) is 12.1 Å². The molecule has 0 amide bonds. The third-order valence-electron chi connectivity index (χ3n) is 3.71. The van der Waals surface area contributed by atoms with E-state index in [0.29, 0.717) is 10.5 Å². The number of ketones is 1. The molecule has 0 fully saturated rings. The van der Waals surface area contributed by atoms with Crippen molar-refractivity contribution < 1.29 is 9.72 Å². The minimum absolute atomic E-state index is 0.0553. The van der Waals surface area contributed by atoms with Gasteiger partial charge in [0.1, 0.15) is 0 Å². The smallest absolute Gasteiger partial charge is 0.270 e. The summed E-state index contributed by atoms with van der Waals surface area (Å²) < 4.78 is 1.17. The first-order chi connectivity index (χ1) is 11.0. The number of benzene rings is 2. The molecule has 0 atom stereocenters. The van der Waals surface area contributed by atoms with E-state index in [1.165, 1.54) is 22.8 Å². The second kappa shape index (κ2) is 4.47. The van der Waals surface area contributed by atoms with Gasteiger partial charge in [-0.15, -0.1) is 0 Å². The minimum atomic E-state index is -0.594. The van der Waals surface area contributed by atoms with Crippen LogP contribution in [0.5, 0.6) is 0 Å². The van der Waals surface area contributed by atoms with Crippen molar-refractivity contribution >= 4 is 34.0 Å². The Balaban J connectivity index is 2.10. The molecule has 8 heteroatoms. The minimum Gasteiger partial charge on any atom is -0.285 e. The van der Waals surface area contributed by atoms with Crippen LogP contribution < -0.4 is 5.56 Å². The first kappa shape index (κ1) is 13.6. The lowest BCUT2D eigenvalue weighted by atomic mass is 10.1. The number of aromatic nitrogens is 2. The molecule has 1 aliphatic rings. The number of non-ortho nitro benzene ring substituents is 1. The standard InChI is InChI=1S/C15H6ClN3O4/c16-7-1-3-11-9(5-7)15(21)18-12-4-2-8(19(22)23)6-10(12)13(20)14(18)17-11/h1-6H. The lowest BCUT2D eigenvalue weighted by molar-refractivity contribution is -0.384. The highest BCUT2D eigenvalue weighted by molar-refractivity contribution is 6.31. The van der Waals surface area contributed by atoms with Crippen LogP contribution in [0, 0.1) is 10.1 Å². The van der Waals surface area contributed by atoms with Gasteiger partial charge in [0.25, 0.3) is 11.2 Å². The number of carbonyl (C=O) groups excluding carboxylic acids is 1. The maximum Gasteiger partial charge on any atom is 0.270 e. The van der Waals surface area contributed by atoms with Crippen LogP contribution in [0.3, 0.4) is 0 Å². The molecule has 0 spiro atoms. The highest BCUT2D eigenvalue weighted by Gasteiger charge is 2.31. The van der Waals surface area contributed by atoms with Crippen molar-refractivity contribution in [1.29, 1.82) is 0 Å². The zero-order valence-electron chi connectivity index (χ0n) is 11.3. The molecule has 0 aliphatic carbocycles. The van der Waals surface area contributed by atoms with Gasteiger partial charge in [-0.05, 0) is 24.3 Å². The van der Waals surface area contributed by atoms with E-state index in [4.69, 9.17) is 11.6 Å². The molecule has 0 unspecified atom stereocenters. The maximum absolute atomic E-state index is 12.7. The van der Waals surface area contributed by atoms with Crippen LogP contribution in [-0.2, 0) is 0 Å². The number of nitrogens with zero attached hydrogens (tertiary/aromatic N) is 3. The number of hydrogen-bond donors (Lipinski definition) is 0. The fourth-order valence-corrected chi connectivity index (χ4v) is 2.84. The molecule has 3 aromatic rings. The third kappa shape index (κ3) is 1.80. The highest BCUT2D eigenvalue weighted by Crippen LogP contribution is 2.29. The zero-order chi connectivity index (χ0) is 16.3. The maximum atomic E-state index is 12.7. The normalized spacial score (nSPS) is 12.3. The molecule has 0 bridgehead atoms. The van der Waals surface area contributed by atoms with Crippen molar-refractivity contribution in [1.82, 2.24) is 9.55 Å². The fourth-order valence-electron chi connectivity index (χ4n) is 2.67. The molecule has 23 heavy (non-hydrogen) atoms. The summed E-state index contributed by atoms with van der Waals surface area (Å²) in [6, 6.07) is 8.39. The highest BCUT2D eigenvalue weighted by atomic mass is 35.5. The molecule has 7 nitrogen and oxygen atoms in total. The number of halogens is 1. The average molecular weight is 328 g/mol. The first-order valence-corrected chi connectivity index (χ1v) is 6.91. The molecule has 0 N–H and O–H groups in total. The molecule has 1 aromatic heterocycles. The van der Waals surface area contributed by atoms with Gasteiger partial charge in [0.05, 0.1) is 27.1 Å². The summed E-state index contributed by atoms with van der Waals surface area (Å²) in [4.78, 5) is 39.6. The van der Waals surface area contributed by atoms with Gasteiger partial charge in [0.2, 0.25) is 5.78 Å². The molecule has 2 heterocycles. The summed E-state index contributed by atoms with van der Waals surface area (Å²) >= 11 is 5.91. The van der Waals surface area contributed by atoms with Crippen molar-refractivity contribution in [3.05, 3.63) is 73.3 Å². The molecule has 0 saturated carbocycles. The summed E-state index contributed by atoms with van der Waals surface area (Å²) in [6.07, 6.45) is 0. The largest absolute Gasteiger partial charge is 0.285 e. The van der Waals surface area contributed by atoms with Gasteiger partial charge in [-0.3, -0.25) is 24.3 Å². The van der Waals surface area contributed by atoms with E-state index in [9.17, 15) is 19.7 Å². The Morgan fingerprint density at radius 2 is 1.91 bits per heavy atom. The quantitative estimate of drug-likeness (QED) is 0.395. The van der Waals surface area contributed by atoms with Gasteiger partial charge < -0.3 is 0 Å². The number of nitro groups is 1. The summed E-state index contributed by atoms with van der Waals surface area (Å²) in [5.41, 5.74) is 0.0699. The van der Waals surface area contributed by atoms with Crippen LogP contribution in [0.25, 0.3) is 16.6 Å². The van der Waals surface area contributed by atoms with Crippen LogP contribution in [0.4, 0.5) is 5.69 Å². The number of carbonyl (C=O) groups is 1. The lowest BCUT2D eigenvalue weighted by Crippen LogP contribution is -2.21. The molecule has 0 saturated heterocycles.